The van der Waals surface area contributed by atoms with Crippen molar-refractivity contribution in [2.45, 2.75) is 17.5 Å². The Bertz CT molecular complexity index is 1170. The molecule has 1 aromatic carbocycles. The normalized spacial score (nSPS) is 11.5. The fourth-order valence-corrected chi connectivity index (χ4v) is 3.99. The Kier molecular flexibility index (Phi) is 5.15. The van der Waals surface area contributed by atoms with Crippen LogP contribution in [0.5, 0.6) is 0 Å². The van der Waals surface area contributed by atoms with Crippen molar-refractivity contribution >= 4 is 40.0 Å². The second-order valence-electron chi connectivity index (χ2n) is 5.98. The number of aromatic nitrogens is 4. The van der Waals surface area contributed by atoms with E-state index in [2.05, 4.69) is 9.55 Å². The molecule has 0 N–H and O–H groups in total. The Morgan fingerprint density at radius 1 is 1.19 bits per heavy atom. The average molecular weight is 401 g/mol. The third-order valence-corrected chi connectivity index (χ3v) is 5.40. The molecule has 0 fully saturated rings. The van der Waals surface area contributed by atoms with Gasteiger partial charge in [-0.25, -0.2) is 9.97 Å². The maximum absolute atomic E-state index is 12.3. The first-order valence-electron chi connectivity index (χ1n) is 8.40. The van der Waals surface area contributed by atoms with Crippen molar-refractivity contribution in [2.24, 2.45) is 0 Å². The number of thioether (sulfide) groups is 1. The fourth-order valence-electron chi connectivity index (χ4n) is 2.90. The number of halogens is 1. The predicted molar refractivity (Wildman–Crippen MR) is 108 cm³/mol. The van der Waals surface area contributed by atoms with Crippen LogP contribution in [0.1, 0.15) is 5.69 Å². The van der Waals surface area contributed by atoms with Crippen LogP contribution < -0.4 is 5.56 Å². The van der Waals surface area contributed by atoms with Crippen LogP contribution in [0.4, 0.5) is 0 Å². The molecule has 8 heteroatoms. The third kappa shape index (κ3) is 3.71. The summed E-state index contributed by atoms with van der Waals surface area (Å²) in [5.41, 5.74) is 3.15. The Balaban J connectivity index is 1.64. The van der Waals surface area contributed by atoms with Gasteiger partial charge < -0.3 is 9.30 Å². The van der Waals surface area contributed by atoms with E-state index in [9.17, 15) is 4.79 Å². The smallest absolute Gasteiger partial charge is 0.258 e. The van der Waals surface area contributed by atoms with Gasteiger partial charge >= 0.3 is 0 Å². The molecule has 4 aromatic rings. The van der Waals surface area contributed by atoms with Gasteiger partial charge in [0, 0.05) is 31.7 Å². The summed E-state index contributed by atoms with van der Waals surface area (Å²) in [6, 6.07) is 13.0. The highest BCUT2D eigenvalue weighted by Crippen LogP contribution is 2.26. The molecule has 0 saturated carbocycles. The Hall–Kier alpha value is -2.35. The van der Waals surface area contributed by atoms with Crippen LogP contribution in [0.2, 0.25) is 5.02 Å². The van der Waals surface area contributed by atoms with Crippen molar-refractivity contribution in [1.82, 2.24) is 18.9 Å². The number of fused-ring (bicyclic) bond motifs is 2. The first-order chi connectivity index (χ1) is 13.2. The molecule has 3 heterocycles. The van der Waals surface area contributed by atoms with E-state index in [4.69, 9.17) is 21.3 Å². The number of imidazole rings is 1. The minimum atomic E-state index is -0.147. The second kappa shape index (κ2) is 7.72. The highest BCUT2D eigenvalue weighted by atomic mass is 35.5. The zero-order valence-corrected chi connectivity index (χ0v) is 16.2. The van der Waals surface area contributed by atoms with Gasteiger partial charge in [-0.3, -0.25) is 9.20 Å². The van der Waals surface area contributed by atoms with Gasteiger partial charge in [-0.15, -0.1) is 0 Å². The zero-order valence-electron chi connectivity index (χ0n) is 14.6. The summed E-state index contributed by atoms with van der Waals surface area (Å²) >= 11 is 7.51. The van der Waals surface area contributed by atoms with E-state index in [0.717, 1.165) is 16.2 Å². The number of methoxy groups -OCH3 is 1. The second-order valence-corrected chi connectivity index (χ2v) is 7.36. The molecule has 0 atom stereocenters. The highest BCUT2D eigenvalue weighted by Gasteiger charge is 2.12. The van der Waals surface area contributed by atoms with Gasteiger partial charge in [0.1, 0.15) is 5.65 Å². The number of hydrogen-bond donors (Lipinski definition) is 0. The summed E-state index contributed by atoms with van der Waals surface area (Å²) in [6.07, 6.45) is 1.58. The summed E-state index contributed by atoms with van der Waals surface area (Å²) in [5.74, 6) is 0.546. The summed E-state index contributed by atoms with van der Waals surface area (Å²) in [4.78, 5) is 21.6. The largest absolute Gasteiger partial charge is 0.383 e. The van der Waals surface area contributed by atoms with Crippen LogP contribution in [0.3, 0.4) is 0 Å². The SMILES string of the molecule is COCCn1c(SCc2cc(=O)n3cc(Cl)ccc3n2)nc2ccccc21. The number of ether oxygens (including phenoxy) is 1. The Morgan fingerprint density at radius 2 is 2.04 bits per heavy atom. The van der Waals surface area contributed by atoms with Gasteiger partial charge in [0.15, 0.2) is 5.16 Å². The predicted octanol–water partition coefficient (Wildman–Crippen LogP) is 3.64. The molecular weight excluding hydrogens is 384 g/mol. The third-order valence-electron chi connectivity index (χ3n) is 4.16. The topological polar surface area (TPSA) is 61.4 Å². The standard InChI is InChI=1S/C19H17ClN4O2S/c1-26-9-8-23-16-5-3-2-4-15(16)22-19(23)27-12-14-10-18(25)24-11-13(20)6-7-17(24)21-14/h2-7,10-11H,8-9,12H2,1H3. The molecule has 0 unspecified atom stereocenters. The number of para-hydroxylation sites is 2. The molecule has 0 bridgehead atoms. The van der Waals surface area contributed by atoms with Crippen LogP contribution in [0.15, 0.2) is 58.6 Å². The van der Waals surface area contributed by atoms with Gasteiger partial charge in [0.2, 0.25) is 0 Å². The molecule has 0 radical (unpaired) electrons. The van der Waals surface area contributed by atoms with E-state index in [-0.39, 0.29) is 5.56 Å². The van der Waals surface area contributed by atoms with Gasteiger partial charge in [0.05, 0.1) is 28.4 Å². The molecule has 4 rings (SSSR count). The monoisotopic (exact) mass is 400 g/mol. The van der Waals surface area contributed by atoms with Crippen molar-refractivity contribution in [3.05, 3.63) is 69.7 Å². The lowest BCUT2D eigenvalue weighted by atomic mass is 10.3. The number of rotatable bonds is 6. The van der Waals surface area contributed by atoms with E-state index in [1.54, 1.807) is 43.3 Å². The average Bonchev–Trinajstić information content (AvgIpc) is 3.03. The highest BCUT2D eigenvalue weighted by molar-refractivity contribution is 7.98. The molecule has 6 nitrogen and oxygen atoms in total. The van der Waals surface area contributed by atoms with Crippen LogP contribution in [-0.2, 0) is 17.0 Å². The fraction of sp³-hybridized carbons (Fsp3) is 0.211. The number of pyridine rings is 1. The summed E-state index contributed by atoms with van der Waals surface area (Å²) in [5, 5.41) is 1.38. The van der Waals surface area contributed by atoms with Crippen LogP contribution in [0.25, 0.3) is 16.7 Å². The summed E-state index contributed by atoms with van der Waals surface area (Å²) in [7, 11) is 1.69. The number of benzene rings is 1. The maximum Gasteiger partial charge on any atom is 0.258 e. The van der Waals surface area contributed by atoms with Gasteiger partial charge in [0.25, 0.3) is 5.56 Å². The minimum absolute atomic E-state index is 0.147. The van der Waals surface area contributed by atoms with E-state index in [1.807, 2.05) is 24.3 Å². The van der Waals surface area contributed by atoms with Crippen LogP contribution in [-0.4, -0.2) is 32.7 Å². The maximum atomic E-state index is 12.3. The number of nitrogens with zero attached hydrogens (tertiary/aromatic N) is 4. The van der Waals surface area contributed by atoms with Crippen molar-refractivity contribution in [3.63, 3.8) is 0 Å². The van der Waals surface area contributed by atoms with Gasteiger partial charge in [-0.05, 0) is 24.3 Å². The lowest BCUT2D eigenvalue weighted by Crippen LogP contribution is -2.15. The van der Waals surface area contributed by atoms with Gasteiger partial charge in [-0.1, -0.05) is 35.5 Å². The summed E-state index contributed by atoms with van der Waals surface area (Å²) in [6.45, 7) is 1.32. The van der Waals surface area contributed by atoms with Gasteiger partial charge in [-0.2, -0.15) is 0 Å². The molecule has 0 amide bonds. The molecule has 0 aliphatic carbocycles. The van der Waals surface area contributed by atoms with E-state index in [0.29, 0.717) is 35.3 Å². The first kappa shape index (κ1) is 18.0. The molecule has 138 valence electrons. The van der Waals surface area contributed by atoms with E-state index >= 15 is 0 Å². The van der Waals surface area contributed by atoms with Crippen LogP contribution in [0, 0.1) is 0 Å². The van der Waals surface area contributed by atoms with Crippen molar-refractivity contribution in [1.29, 1.82) is 0 Å². The molecule has 0 aliphatic heterocycles. The van der Waals surface area contributed by atoms with Crippen molar-refractivity contribution < 1.29 is 4.74 Å². The number of hydrogen-bond acceptors (Lipinski definition) is 5. The zero-order chi connectivity index (χ0) is 18.8. The molecule has 3 aromatic heterocycles. The summed E-state index contributed by atoms with van der Waals surface area (Å²) < 4.78 is 8.82. The van der Waals surface area contributed by atoms with E-state index < -0.39 is 0 Å². The quantitative estimate of drug-likeness (QED) is 0.462. The molecule has 0 spiro atoms. The lowest BCUT2D eigenvalue weighted by Gasteiger charge is -2.08. The Labute approximate surface area is 164 Å². The Morgan fingerprint density at radius 3 is 2.89 bits per heavy atom. The molecule has 27 heavy (non-hydrogen) atoms. The van der Waals surface area contributed by atoms with Crippen molar-refractivity contribution in [2.75, 3.05) is 13.7 Å². The lowest BCUT2D eigenvalue weighted by molar-refractivity contribution is 0.186. The van der Waals surface area contributed by atoms with Crippen LogP contribution >= 0.6 is 23.4 Å². The van der Waals surface area contributed by atoms with Crippen molar-refractivity contribution in [3.8, 4) is 0 Å². The molecule has 0 aliphatic rings. The van der Waals surface area contributed by atoms with E-state index in [1.165, 1.54) is 4.40 Å². The first-order valence-corrected chi connectivity index (χ1v) is 9.77. The molecular formula is C19H17ClN4O2S. The molecule has 0 saturated heterocycles. The minimum Gasteiger partial charge on any atom is -0.383 e.